The van der Waals surface area contributed by atoms with E-state index in [1.807, 2.05) is 11.8 Å². The lowest BCUT2D eigenvalue weighted by molar-refractivity contribution is 0.295. The second-order valence-electron chi connectivity index (χ2n) is 5.80. The maximum Gasteiger partial charge on any atom is 0.181 e. The first-order valence-corrected chi connectivity index (χ1v) is 8.67. The zero-order valence-corrected chi connectivity index (χ0v) is 13.5. The Morgan fingerprint density at radius 1 is 1.33 bits per heavy atom. The van der Waals surface area contributed by atoms with Crippen LogP contribution in [-0.4, -0.2) is 38.3 Å². The van der Waals surface area contributed by atoms with E-state index in [1.165, 1.54) is 32.1 Å². The van der Waals surface area contributed by atoms with Crippen LogP contribution in [0, 0.1) is 5.92 Å². The Kier molecular flexibility index (Phi) is 4.75. The van der Waals surface area contributed by atoms with Crippen LogP contribution in [0.3, 0.4) is 0 Å². The molecule has 0 aromatic carbocycles. The Labute approximate surface area is 129 Å². The predicted molar refractivity (Wildman–Crippen MR) is 86.4 cm³/mol. The molecule has 0 bridgehead atoms. The Bertz CT molecular complexity index is 584. The van der Waals surface area contributed by atoms with Gasteiger partial charge in [-0.1, -0.05) is 31.5 Å². The van der Waals surface area contributed by atoms with E-state index in [1.54, 1.807) is 12.7 Å². The topological polar surface area (TPSA) is 66.5 Å². The first-order valence-electron chi connectivity index (χ1n) is 7.79. The maximum atomic E-state index is 4.47. The molecule has 114 valence electrons. The van der Waals surface area contributed by atoms with Crippen molar-refractivity contribution in [3.05, 3.63) is 12.7 Å². The standard InChI is InChI=1S/C15H23N5S/c1-3-4-10-5-6-11(16-2)12(7-10)21-15-13-14(18-8-17-13)19-9-20-15/h8-12,16H,3-7H2,1-2H3,(H,17,18,19,20). The number of hydrogen-bond donors (Lipinski definition) is 2. The van der Waals surface area contributed by atoms with E-state index in [9.17, 15) is 0 Å². The average molecular weight is 305 g/mol. The molecule has 2 aromatic heterocycles. The van der Waals surface area contributed by atoms with Gasteiger partial charge in [0.25, 0.3) is 0 Å². The number of aromatic amines is 1. The fourth-order valence-electron chi connectivity index (χ4n) is 3.32. The Balaban J connectivity index is 1.78. The molecular weight excluding hydrogens is 282 g/mol. The number of hydrogen-bond acceptors (Lipinski definition) is 5. The summed E-state index contributed by atoms with van der Waals surface area (Å²) < 4.78 is 0. The monoisotopic (exact) mass is 305 g/mol. The lowest BCUT2D eigenvalue weighted by Gasteiger charge is -2.35. The highest BCUT2D eigenvalue weighted by Crippen LogP contribution is 2.38. The Hall–Kier alpha value is -1.14. The molecule has 21 heavy (non-hydrogen) atoms. The number of imidazole rings is 1. The minimum atomic E-state index is 0.566. The molecule has 2 aromatic rings. The van der Waals surface area contributed by atoms with Gasteiger partial charge in [-0.25, -0.2) is 15.0 Å². The largest absolute Gasteiger partial charge is 0.341 e. The van der Waals surface area contributed by atoms with Crippen LogP contribution >= 0.6 is 11.8 Å². The van der Waals surface area contributed by atoms with Crippen LogP contribution in [-0.2, 0) is 0 Å². The van der Waals surface area contributed by atoms with Crippen molar-refractivity contribution in [2.75, 3.05) is 7.05 Å². The summed E-state index contributed by atoms with van der Waals surface area (Å²) in [4.78, 5) is 16.1. The number of H-pyrrole nitrogens is 1. The summed E-state index contributed by atoms with van der Waals surface area (Å²) in [6.45, 7) is 2.28. The molecule has 0 aliphatic heterocycles. The van der Waals surface area contributed by atoms with Crippen molar-refractivity contribution >= 4 is 22.9 Å². The number of nitrogens with zero attached hydrogens (tertiary/aromatic N) is 3. The molecule has 3 atom stereocenters. The van der Waals surface area contributed by atoms with Gasteiger partial charge in [-0.15, -0.1) is 0 Å². The normalized spacial score (nSPS) is 26.3. The zero-order chi connectivity index (χ0) is 14.7. The van der Waals surface area contributed by atoms with E-state index < -0.39 is 0 Å². The molecule has 0 amide bonds. The van der Waals surface area contributed by atoms with Gasteiger partial charge in [0, 0.05) is 11.3 Å². The highest BCUT2D eigenvalue weighted by molar-refractivity contribution is 8.00. The second-order valence-corrected chi connectivity index (χ2v) is 7.03. The fraction of sp³-hybridized carbons (Fsp3) is 0.667. The molecule has 3 rings (SSSR count). The highest BCUT2D eigenvalue weighted by Gasteiger charge is 2.30. The molecule has 1 aliphatic carbocycles. The molecule has 1 fully saturated rings. The van der Waals surface area contributed by atoms with E-state index in [-0.39, 0.29) is 0 Å². The first-order chi connectivity index (χ1) is 10.3. The van der Waals surface area contributed by atoms with Crippen LogP contribution in [0.15, 0.2) is 17.7 Å². The summed E-state index contributed by atoms with van der Waals surface area (Å²) >= 11 is 1.88. The average Bonchev–Trinajstić information content (AvgIpc) is 2.97. The quantitative estimate of drug-likeness (QED) is 0.831. The molecule has 6 heteroatoms. The van der Waals surface area contributed by atoms with Crippen LogP contribution < -0.4 is 5.32 Å². The molecular formula is C15H23N5S. The lowest BCUT2D eigenvalue weighted by Crippen LogP contribution is -2.40. The van der Waals surface area contributed by atoms with E-state index in [0.29, 0.717) is 11.3 Å². The third kappa shape index (κ3) is 3.21. The van der Waals surface area contributed by atoms with Crippen LogP contribution in [0.25, 0.3) is 11.2 Å². The minimum Gasteiger partial charge on any atom is -0.341 e. The smallest absolute Gasteiger partial charge is 0.181 e. The van der Waals surface area contributed by atoms with E-state index >= 15 is 0 Å². The Morgan fingerprint density at radius 3 is 3.05 bits per heavy atom. The summed E-state index contributed by atoms with van der Waals surface area (Å²) in [5, 5.41) is 5.09. The minimum absolute atomic E-state index is 0.566. The summed E-state index contributed by atoms with van der Waals surface area (Å²) in [6.07, 6.45) is 9.81. The molecule has 0 spiro atoms. The number of fused-ring (bicyclic) bond motifs is 1. The van der Waals surface area contributed by atoms with Crippen molar-refractivity contribution in [3.8, 4) is 0 Å². The summed E-state index contributed by atoms with van der Waals surface area (Å²) in [7, 11) is 2.07. The molecule has 5 nitrogen and oxygen atoms in total. The molecule has 2 N–H and O–H groups in total. The van der Waals surface area contributed by atoms with Gasteiger partial charge in [0.15, 0.2) is 5.65 Å². The first kappa shape index (κ1) is 14.8. The molecule has 1 aliphatic rings. The fourth-order valence-corrected chi connectivity index (χ4v) is 4.79. The summed E-state index contributed by atoms with van der Waals surface area (Å²) in [6, 6.07) is 0.566. The van der Waals surface area contributed by atoms with Crippen molar-refractivity contribution in [1.82, 2.24) is 25.3 Å². The molecule has 0 radical (unpaired) electrons. The Morgan fingerprint density at radius 2 is 2.24 bits per heavy atom. The van der Waals surface area contributed by atoms with Gasteiger partial charge in [-0.2, -0.15) is 0 Å². The highest BCUT2D eigenvalue weighted by atomic mass is 32.2. The molecule has 2 heterocycles. The van der Waals surface area contributed by atoms with Crippen LogP contribution in [0.2, 0.25) is 0 Å². The van der Waals surface area contributed by atoms with Gasteiger partial charge in [0.05, 0.1) is 6.33 Å². The van der Waals surface area contributed by atoms with E-state index in [2.05, 4.69) is 39.2 Å². The molecule has 1 saturated carbocycles. The van der Waals surface area contributed by atoms with Gasteiger partial charge < -0.3 is 10.3 Å². The van der Waals surface area contributed by atoms with Gasteiger partial charge in [0.1, 0.15) is 16.9 Å². The van der Waals surface area contributed by atoms with Crippen molar-refractivity contribution in [2.24, 2.45) is 5.92 Å². The third-order valence-corrected chi connectivity index (χ3v) is 5.78. The zero-order valence-electron chi connectivity index (χ0n) is 12.7. The lowest BCUT2D eigenvalue weighted by atomic mass is 9.83. The van der Waals surface area contributed by atoms with Crippen LogP contribution in [0.1, 0.15) is 39.0 Å². The maximum absolute atomic E-state index is 4.47. The molecule has 3 unspecified atom stereocenters. The van der Waals surface area contributed by atoms with Gasteiger partial charge >= 0.3 is 0 Å². The van der Waals surface area contributed by atoms with E-state index in [4.69, 9.17) is 0 Å². The van der Waals surface area contributed by atoms with Crippen molar-refractivity contribution < 1.29 is 0 Å². The van der Waals surface area contributed by atoms with Crippen molar-refractivity contribution in [3.63, 3.8) is 0 Å². The number of rotatable bonds is 5. The SMILES string of the molecule is CCCC1CCC(NC)C(Sc2ncnc3nc[nH]c23)C1. The van der Waals surface area contributed by atoms with Gasteiger partial charge in [-0.3, -0.25) is 0 Å². The predicted octanol–water partition coefficient (Wildman–Crippen LogP) is 3.00. The van der Waals surface area contributed by atoms with Crippen molar-refractivity contribution in [1.29, 1.82) is 0 Å². The van der Waals surface area contributed by atoms with Gasteiger partial charge in [0.2, 0.25) is 0 Å². The second kappa shape index (κ2) is 6.75. The van der Waals surface area contributed by atoms with Crippen LogP contribution in [0.5, 0.6) is 0 Å². The van der Waals surface area contributed by atoms with Gasteiger partial charge in [-0.05, 0) is 32.2 Å². The summed E-state index contributed by atoms with van der Waals surface area (Å²) in [5.74, 6) is 0.858. The summed E-state index contributed by atoms with van der Waals surface area (Å²) in [5.41, 5.74) is 1.73. The number of aromatic nitrogens is 4. The van der Waals surface area contributed by atoms with Crippen molar-refractivity contribution in [2.45, 2.75) is 55.3 Å². The third-order valence-electron chi connectivity index (χ3n) is 4.42. The molecule has 0 saturated heterocycles. The number of nitrogens with one attached hydrogen (secondary N) is 2. The van der Waals surface area contributed by atoms with E-state index in [0.717, 1.165) is 22.1 Å². The number of thioether (sulfide) groups is 1. The van der Waals surface area contributed by atoms with Crippen LogP contribution in [0.4, 0.5) is 0 Å².